The lowest BCUT2D eigenvalue weighted by atomic mass is 10.1. The van der Waals surface area contributed by atoms with Gasteiger partial charge in [-0.05, 0) is 87.7 Å². The van der Waals surface area contributed by atoms with Crippen LogP contribution in [0.1, 0.15) is 42.6 Å². The van der Waals surface area contributed by atoms with E-state index in [0.29, 0.717) is 22.4 Å². The van der Waals surface area contributed by atoms with Gasteiger partial charge in [0.2, 0.25) is 0 Å². The monoisotopic (exact) mass is 513 g/mol. The topological polar surface area (TPSA) is 109 Å². The molecular weight excluding hydrogens is 482 g/mol. The predicted octanol–water partition coefficient (Wildman–Crippen LogP) is 5.34. The summed E-state index contributed by atoms with van der Waals surface area (Å²) in [5.41, 5.74) is 5.46. The summed E-state index contributed by atoms with van der Waals surface area (Å²) in [5.74, 6) is -0.414. The van der Waals surface area contributed by atoms with E-state index in [-0.39, 0.29) is 11.3 Å². The van der Waals surface area contributed by atoms with Gasteiger partial charge < -0.3 is 15.1 Å². The highest BCUT2D eigenvalue weighted by Gasteiger charge is 2.24. The van der Waals surface area contributed by atoms with Gasteiger partial charge in [-0.25, -0.2) is 0 Å². The van der Waals surface area contributed by atoms with Gasteiger partial charge in [0, 0.05) is 49.2 Å². The van der Waals surface area contributed by atoms with E-state index < -0.39 is 10.8 Å². The lowest BCUT2D eigenvalue weighted by Gasteiger charge is -2.20. The number of aromatic nitrogens is 3. The standard InChI is InChI=1S/C28H31N7O3/c1-4-32(5-2)21-9-11-22(12-10-21)34-30-24-16-19(3)23(18-25(24)31-34)29-28(36)20-8-13-26(27(17-20)35(37)38)33-14-6-7-15-33/h8-13,16-18H,4-7,14-15H2,1-3H3,(H,29,36). The molecule has 1 aliphatic rings. The Kier molecular flexibility index (Phi) is 6.95. The molecule has 1 N–H and O–H groups in total. The van der Waals surface area contributed by atoms with Crippen LogP contribution in [0.3, 0.4) is 0 Å². The number of hydrogen-bond acceptors (Lipinski definition) is 7. The normalized spacial score (nSPS) is 13.2. The van der Waals surface area contributed by atoms with Crippen molar-refractivity contribution < 1.29 is 9.72 Å². The molecule has 0 radical (unpaired) electrons. The van der Waals surface area contributed by atoms with Crippen LogP contribution in [0.4, 0.5) is 22.7 Å². The van der Waals surface area contributed by atoms with Gasteiger partial charge in [-0.15, -0.1) is 10.2 Å². The highest BCUT2D eigenvalue weighted by atomic mass is 16.6. The lowest BCUT2D eigenvalue weighted by Crippen LogP contribution is -2.21. The van der Waals surface area contributed by atoms with Crippen LogP contribution in [-0.2, 0) is 0 Å². The summed E-state index contributed by atoms with van der Waals surface area (Å²) in [7, 11) is 0. The fourth-order valence-corrected chi connectivity index (χ4v) is 4.93. The summed E-state index contributed by atoms with van der Waals surface area (Å²) in [5, 5.41) is 23.9. The summed E-state index contributed by atoms with van der Waals surface area (Å²) >= 11 is 0. The molecule has 10 nitrogen and oxygen atoms in total. The quantitative estimate of drug-likeness (QED) is 0.250. The molecule has 1 aromatic heterocycles. The summed E-state index contributed by atoms with van der Waals surface area (Å²) in [6.45, 7) is 9.57. The number of benzene rings is 3. The fourth-order valence-electron chi connectivity index (χ4n) is 4.93. The lowest BCUT2D eigenvalue weighted by molar-refractivity contribution is -0.384. The number of hydrogen-bond donors (Lipinski definition) is 1. The molecule has 196 valence electrons. The second-order valence-electron chi connectivity index (χ2n) is 9.44. The zero-order valence-corrected chi connectivity index (χ0v) is 21.8. The van der Waals surface area contributed by atoms with E-state index in [1.807, 2.05) is 30.0 Å². The zero-order chi connectivity index (χ0) is 26.8. The van der Waals surface area contributed by atoms with E-state index in [1.165, 1.54) is 6.07 Å². The van der Waals surface area contributed by atoms with Crippen LogP contribution in [-0.4, -0.2) is 52.0 Å². The van der Waals surface area contributed by atoms with E-state index in [2.05, 4.69) is 46.4 Å². The Morgan fingerprint density at radius 2 is 1.66 bits per heavy atom. The third-order valence-electron chi connectivity index (χ3n) is 7.06. The van der Waals surface area contributed by atoms with Gasteiger partial charge in [0.1, 0.15) is 16.7 Å². The third kappa shape index (κ3) is 4.89. The first-order chi connectivity index (χ1) is 18.4. The van der Waals surface area contributed by atoms with Crippen LogP contribution < -0.4 is 15.1 Å². The molecule has 0 atom stereocenters. The molecule has 4 aromatic rings. The van der Waals surface area contributed by atoms with Crippen molar-refractivity contribution in [2.75, 3.05) is 41.3 Å². The van der Waals surface area contributed by atoms with Gasteiger partial charge in [-0.3, -0.25) is 14.9 Å². The number of carbonyl (C=O) groups excluding carboxylic acids is 1. The SMILES string of the molecule is CCN(CC)c1ccc(-n2nc3cc(C)c(NC(=O)c4ccc(N5CCCC5)c([N+](=O)[O-])c4)cc3n2)cc1. The van der Waals surface area contributed by atoms with Crippen LogP contribution in [0.25, 0.3) is 16.7 Å². The van der Waals surface area contributed by atoms with Gasteiger partial charge in [0.15, 0.2) is 0 Å². The van der Waals surface area contributed by atoms with E-state index in [0.717, 1.165) is 56.0 Å². The Bertz CT molecular complexity index is 1490. The highest BCUT2D eigenvalue weighted by molar-refractivity contribution is 6.06. The Morgan fingerprint density at radius 1 is 1.00 bits per heavy atom. The Hall–Kier alpha value is -4.47. The van der Waals surface area contributed by atoms with E-state index in [1.54, 1.807) is 23.0 Å². The summed E-state index contributed by atoms with van der Waals surface area (Å²) in [6.07, 6.45) is 2.01. The molecule has 1 fully saturated rings. The van der Waals surface area contributed by atoms with Crippen LogP contribution in [0.2, 0.25) is 0 Å². The third-order valence-corrected chi connectivity index (χ3v) is 7.06. The molecule has 3 aromatic carbocycles. The number of nitro benzene ring substituents is 1. The average molecular weight is 514 g/mol. The first-order valence-corrected chi connectivity index (χ1v) is 13.0. The second kappa shape index (κ2) is 10.5. The molecule has 0 spiro atoms. The number of nitrogens with zero attached hydrogens (tertiary/aromatic N) is 6. The van der Waals surface area contributed by atoms with Crippen LogP contribution in [0, 0.1) is 17.0 Å². The Morgan fingerprint density at radius 3 is 2.29 bits per heavy atom. The maximum atomic E-state index is 13.1. The molecule has 1 amide bonds. The number of nitro groups is 1. The predicted molar refractivity (Wildman–Crippen MR) is 150 cm³/mol. The minimum Gasteiger partial charge on any atom is -0.372 e. The van der Waals surface area contributed by atoms with Crippen molar-refractivity contribution >= 4 is 39.7 Å². The summed E-state index contributed by atoms with van der Waals surface area (Å²) in [6, 6.07) is 16.4. The molecule has 38 heavy (non-hydrogen) atoms. The van der Waals surface area contributed by atoms with Crippen molar-refractivity contribution in [3.63, 3.8) is 0 Å². The number of aryl methyl sites for hydroxylation is 1. The van der Waals surface area contributed by atoms with Gasteiger partial charge in [-0.2, -0.15) is 4.80 Å². The van der Waals surface area contributed by atoms with E-state index in [4.69, 9.17) is 0 Å². The van der Waals surface area contributed by atoms with E-state index in [9.17, 15) is 14.9 Å². The number of fused-ring (bicyclic) bond motifs is 1. The number of rotatable bonds is 8. The minimum atomic E-state index is -0.422. The second-order valence-corrected chi connectivity index (χ2v) is 9.44. The first kappa shape index (κ1) is 25.2. The van der Waals surface area contributed by atoms with Crippen LogP contribution >= 0.6 is 0 Å². The number of anilines is 3. The van der Waals surface area contributed by atoms with Gasteiger partial charge in [-0.1, -0.05) is 0 Å². The first-order valence-electron chi connectivity index (χ1n) is 13.0. The van der Waals surface area contributed by atoms with Gasteiger partial charge in [0.05, 0.1) is 10.6 Å². The molecule has 0 unspecified atom stereocenters. The minimum absolute atomic E-state index is 0.0540. The maximum absolute atomic E-state index is 13.1. The molecule has 0 aliphatic carbocycles. The van der Waals surface area contributed by atoms with E-state index >= 15 is 0 Å². The summed E-state index contributed by atoms with van der Waals surface area (Å²) < 4.78 is 0. The summed E-state index contributed by atoms with van der Waals surface area (Å²) in [4.78, 5) is 30.3. The van der Waals surface area contributed by atoms with Crippen LogP contribution in [0.15, 0.2) is 54.6 Å². The van der Waals surface area contributed by atoms with Crippen molar-refractivity contribution in [2.45, 2.75) is 33.6 Å². The molecule has 0 saturated carbocycles. The molecule has 0 bridgehead atoms. The molecule has 1 aliphatic heterocycles. The Balaban J connectivity index is 1.38. The van der Waals surface area contributed by atoms with Crippen molar-refractivity contribution in [1.82, 2.24) is 15.0 Å². The zero-order valence-electron chi connectivity index (χ0n) is 21.8. The molecule has 10 heteroatoms. The van der Waals surface area contributed by atoms with Crippen molar-refractivity contribution in [3.8, 4) is 5.69 Å². The number of nitrogens with one attached hydrogen (secondary N) is 1. The Labute approximate surface area is 221 Å². The molecule has 1 saturated heterocycles. The number of amides is 1. The molecule has 2 heterocycles. The average Bonchev–Trinajstić information content (AvgIpc) is 3.60. The largest absolute Gasteiger partial charge is 0.372 e. The smallest absolute Gasteiger partial charge is 0.293 e. The van der Waals surface area contributed by atoms with Crippen molar-refractivity contribution in [1.29, 1.82) is 0 Å². The highest BCUT2D eigenvalue weighted by Crippen LogP contribution is 2.32. The van der Waals surface area contributed by atoms with Gasteiger partial charge in [0.25, 0.3) is 11.6 Å². The molecular formula is C28H31N7O3. The van der Waals surface area contributed by atoms with Crippen molar-refractivity contribution in [3.05, 3.63) is 75.8 Å². The maximum Gasteiger partial charge on any atom is 0.293 e. The molecule has 5 rings (SSSR count). The van der Waals surface area contributed by atoms with Crippen molar-refractivity contribution in [2.24, 2.45) is 0 Å². The van der Waals surface area contributed by atoms with Gasteiger partial charge >= 0.3 is 0 Å². The number of carbonyl (C=O) groups is 1. The van der Waals surface area contributed by atoms with Crippen LogP contribution in [0.5, 0.6) is 0 Å². The fraction of sp³-hybridized carbons (Fsp3) is 0.321.